The number of benzene rings is 1. The number of halogens is 3. The van der Waals surface area contributed by atoms with Gasteiger partial charge in [-0.15, -0.1) is 12.4 Å². The molecule has 5 nitrogen and oxygen atoms in total. The Hall–Kier alpha value is -1.01. The summed E-state index contributed by atoms with van der Waals surface area (Å²) in [4.78, 5) is 28.5. The quantitative estimate of drug-likeness (QED) is 0.841. The largest absolute Gasteiger partial charge is 0.338 e. The van der Waals surface area contributed by atoms with Crippen molar-refractivity contribution in [1.82, 2.24) is 15.1 Å². The average Bonchev–Trinajstić information content (AvgIpc) is 3.08. The maximum atomic E-state index is 12.5. The Morgan fingerprint density at radius 1 is 1.08 bits per heavy atom. The fraction of sp³-hybridized carbons (Fsp3) is 0.500. The van der Waals surface area contributed by atoms with Crippen molar-refractivity contribution in [1.29, 1.82) is 0 Å². The third kappa shape index (κ3) is 4.14. The Bertz CT molecular complexity index is 613. The van der Waals surface area contributed by atoms with Crippen LogP contribution in [0.3, 0.4) is 0 Å². The second-order valence-corrected chi connectivity index (χ2v) is 6.73. The maximum Gasteiger partial charge on any atom is 0.255 e. The highest BCUT2D eigenvalue weighted by atomic mass is 35.5. The smallest absolute Gasteiger partial charge is 0.255 e. The van der Waals surface area contributed by atoms with Gasteiger partial charge < -0.3 is 15.1 Å². The average molecular weight is 393 g/mol. The molecule has 1 aromatic carbocycles. The van der Waals surface area contributed by atoms with E-state index in [1.54, 1.807) is 23.1 Å². The molecule has 0 radical (unpaired) electrons. The summed E-state index contributed by atoms with van der Waals surface area (Å²) in [5, 5.41) is 4.09. The Kier molecular flexibility index (Phi) is 6.75. The van der Waals surface area contributed by atoms with Crippen molar-refractivity contribution in [3.05, 3.63) is 33.8 Å². The highest BCUT2D eigenvalue weighted by molar-refractivity contribution is 6.36. The van der Waals surface area contributed by atoms with Crippen molar-refractivity contribution in [2.24, 2.45) is 0 Å². The summed E-state index contributed by atoms with van der Waals surface area (Å²) in [6.45, 7) is 3.08. The number of nitrogens with one attached hydrogen (secondary N) is 1. The molecule has 132 valence electrons. The molecule has 1 N–H and O–H groups in total. The van der Waals surface area contributed by atoms with Crippen LogP contribution in [-0.2, 0) is 4.79 Å². The number of hydrogen-bond donors (Lipinski definition) is 1. The number of nitrogens with zero attached hydrogens (tertiary/aromatic N) is 2. The van der Waals surface area contributed by atoms with Crippen LogP contribution in [0.2, 0.25) is 10.0 Å². The van der Waals surface area contributed by atoms with Gasteiger partial charge in [-0.05, 0) is 37.6 Å². The van der Waals surface area contributed by atoms with Crippen LogP contribution in [0.4, 0.5) is 0 Å². The molecule has 0 bridgehead atoms. The zero-order valence-corrected chi connectivity index (χ0v) is 15.5. The van der Waals surface area contributed by atoms with Crippen molar-refractivity contribution in [2.45, 2.75) is 18.9 Å². The Morgan fingerprint density at radius 2 is 1.75 bits per heavy atom. The lowest BCUT2D eigenvalue weighted by Crippen LogP contribution is -2.54. The second kappa shape index (κ2) is 8.39. The minimum atomic E-state index is -0.113. The molecule has 2 aliphatic rings. The molecule has 1 unspecified atom stereocenters. The molecule has 1 atom stereocenters. The van der Waals surface area contributed by atoms with Gasteiger partial charge >= 0.3 is 0 Å². The number of carbonyl (C=O) groups excluding carboxylic acids is 2. The van der Waals surface area contributed by atoms with E-state index in [4.69, 9.17) is 23.2 Å². The lowest BCUT2D eigenvalue weighted by Gasteiger charge is -2.36. The predicted octanol–water partition coefficient (Wildman–Crippen LogP) is 2.45. The van der Waals surface area contributed by atoms with Gasteiger partial charge in [-0.2, -0.15) is 0 Å². The van der Waals surface area contributed by atoms with Crippen LogP contribution in [0.25, 0.3) is 0 Å². The van der Waals surface area contributed by atoms with Gasteiger partial charge in [0.2, 0.25) is 5.91 Å². The number of piperazine rings is 1. The van der Waals surface area contributed by atoms with Crippen LogP contribution in [0.15, 0.2) is 18.2 Å². The zero-order valence-electron chi connectivity index (χ0n) is 13.1. The third-order valence-corrected chi connectivity index (χ3v) is 4.95. The monoisotopic (exact) mass is 391 g/mol. The molecule has 2 heterocycles. The van der Waals surface area contributed by atoms with Crippen LogP contribution in [-0.4, -0.2) is 60.4 Å². The number of amides is 2. The fourth-order valence-corrected chi connectivity index (χ4v) is 3.57. The fourth-order valence-electron chi connectivity index (χ4n) is 3.08. The first-order valence-electron chi connectivity index (χ1n) is 7.83. The molecule has 1 aromatic rings. The normalized spacial score (nSPS) is 20.7. The highest BCUT2D eigenvalue weighted by Crippen LogP contribution is 2.23. The topological polar surface area (TPSA) is 52.7 Å². The Balaban J connectivity index is 0.00000208. The molecule has 2 fully saturated rings. The van der Waals surface area contributed by atoms with Gasteiger partial charge in [-0.3, -0.25) is 9.59 Å². The summed E-state index contributed by atoms with van der Waals surface area (Å²) < 4.78 is 0. The standard InChI is InChI=1S/C16H19Cl2N3O2.ClH/c17-11-3-4-12(13(18)10-11)15(22)20-6-8-21(9-7-20)16(23)14-2-1-5-19-14;/h3-4,10,14,19H,1-2,5-9H2;1H. The van der Waals surface area contributed by atoms with Gasteiger partial charge in [0.25, 0.3) is 5.91 Å². The second-order valence-electron chi connectivity index (χ2n) is 5.89. The van der Waals surface area contributed by atoms with E-state index in [1.165, 1.54) is 0 Å². The molecule has 0 aliphatic carbocycles. The van der Waals surface area contributed by atoms with E-state index < -0.39 is 0 Å². The summed E-state index contributed by atoms with van der Waals surface area (Å²) in [5.74, 6) is 0.0388. The SMILES string of the molecule is Cl.O=C(c1ccc(Cl)cc1Cl)N1CCN(C(=O)C2CCCN2)CC1. The first-order chi connectivity index (χ1) is 11.1. The number of carbonyl (C=O) groups is 2. The van der Waals surface area contributed by atoms with Crippen LogP contribution >= 0.6 is 35.6 Å². The van der Waals surface area contributed by atoms with Gasteiger partial charge in [0.1, 0.15) is 0 Å². The summed E-state index contributed by atoms with van der Waals surface area (Å²) in [6.07, 6.45) is 1.95. The number of hydrogen-bond acceptors (Lipinski definition) is 3. The Labute approximate surface area is 157 Å². The maximum absolute atomic E-state index is 12.5. The van der Waals surface area contributed by atoms with E-state index in [9.17, 15) is 9.59 Å². The minimum Gasteiger partial charge on any atom is -0.338 e. The first kappa shape index (κ1) is 19.3. The van der Waals surface area contributed by atoms with Crippen molar-refractivity contribution in [3.63, 3.8) is 0 Å². The van der Waals surface area contributed by atoms with E-state index in [0.717, 1.165) is 19.4 Å². The Morgan fingerprint density at radius 3 is 2.33 bits per heavy atom. The summed E-state index contributed by atoms with van der Waals surface area (Å²) in [7, 11) is 0. The molecule has 2 aliphatic heterocycles. The summed E-state index contributed by atoms with van der Waals surface area (Å²) in [6, 6.07) is 4.82. The highest BCUT2D eigenvalue weighted by Gasteiger charge is 2.30. The molecule has 24 heavy (non-hydrogen) atoms. The van der Waals surface area contributed by atoms with E-state index in [-0.39, 0.29) is 30.3 Å². The molecule has 0 aromatic heterocycles. The van der Waals surface area contributed by atoms with E-state index in [1.807, 2.05) is 4.90 Å². The van der Waals surface area contributed by atoms with E-state index in [2.05, 4.69) is 5.32 Å². The lowest BCUT2D eigenvalue weighted by molar-refractivity contribution is -0.134. The third-order valence-electron chi connectivity index (χ3n) is 4.40. The molecule has 0 spiro atoms. The minimum absolute atomic E-state index is 0. The van der Waals surface area contributed by atoms with Crippen LogP contribution in [0.5, 0.6) is 0 Å². The van der Waals surface area contributed by atoms with Gasteiger partial charge in [0.05, 0.1) is 16.6 Å². The molecule has 0 saturated carbocycles. The van der Waals surface area contributed by atoms with Crippen molar-refractivity contribution in [2.75, 3.05) is 32.7 Å². The van der Waals surface area contributed by atoms with Crippen LogP contribution in [0, 0.1) is 0 Å². The van der Waals surface area contributed by atoms with Gasteiger partial charge in [-0.1, -0.05) is 23.2 Å². The summed E-state index contributed by atoms with van der Waals surface area (Å²) >= 11 is 12.0. The molecule has 3 rings (SSSR count). The van der Waals surface area contributed by atoms with Crippen molar-refractivity contribution in [3.8, 4) is 0 Å². The predicted molar refractivity (Wildman–Crippen MR) is 97.2 cm³/mol. The van der Waals surface area contributed by atoms with Crippen LogP contribution in [0.1, 0.15) is 23.2 Å². The molecule has 8 heteroatoms. The number of rotatable bonds is 2. The summed E-state index contributed by atoms with van der Waals surface area (Å²) in [5.41, 5.74) is 0.452. The first-order valence-corrected chi connectivity index (χ1v) is 8.58. The molecule has 2 amide bonds. The van der Waals surface area contributed by atoms with E-state index in [0.29, 0.717) is 41.8 Å². The van der Waals surface area contributed by atoms with Gasteiger partial charge in [0, 0.05) is 31.2 Å². The molecular weight excluding hydrogens is 373 g/mol. The zero-order chi connectivity index (χ0) is 16.4. The molecule has 2 saturated heterocycles. The van der Waals surface area contributed by atoms with E-state index >= 15 is 0 Å². The van der Waals surface area contributed by atoms with Gasteiger partial charge in [-0.25, -0.2) is 0 Å². The molecular formula is C16H20Cl3N3O2. The van der Waals surface area contributed by atoms with Crippen molar-refractivity contribution >= 4 is 47.4 Å². The van der Waals surface area contributed by atoms with Crippen molar-refractivity contribution < 1.29 is 9.59 Å². The van der Waals surface area contributed by atoms with Crippen LogP contribution < -0.4 is 5.32 Å². The lowest BCUT2D eigenvalue weighted by atomic mass is 10.1. The van der Waals surface area contributed by atoms with Gasteiger partial charge in [0.15, 0.2) is 0 Å².